The molecule has 138 valence electrons. The highest BCUT2D eigenvalue weighted by Crippen LogP contribution is 2.32. The van der Waals surface area contributed by atoms with Crippen molar-refractivity contribution in [3.63, 3.8) is 0 Å². The van der Waals surface area contributed by atoms with Crippen LogP contribution in [0.3, 0.4) is 0 Å². The average molecular weight is 369 g/mol. The Morgan fingerprint density at radius 3 is 2.00 bits per heavy atom. The van der Waals surface area contributed by atoms with Gasteiger partial charge in [-0.25, -0.2) is 9.69 Å². The Hall–Kier alpha value is -3.66. The van der Waals surface area contributed by atoms with Gasteiger partial charge in [0.25, 0.3) is 5.91 Å². The molecular formula is C24H19NO3. The van der Waals surface area contributed by atoms with Gasteiger partial charge < -0.3 is 4.74 Å². The van der Waals surface area contributed by atoms with Crippen molar-refractivity contribution < 1.29 is 14.3 Å². The normalized spacial score (nSPS) is 15.5. The van der Waals surface area contributed by atoms with E-state index in [0.29, 0.717) is 5.57 Å². The molecule has 3 aromatic rings. The summed E-state index contributed by atoms with van der Waals surface area (Å²) < 4.78 is 5.48. The molecule has 28 heavy (non-hydrogen) atoms. The highest BCUT2D eigenvalue weighted by Gasteiger charge is 2.39. The zero-order valence-electron chi connectivity index (χ0n) is 15.5. The fraction of sp³-hybridized carbons (Fsp3) is 0.0833. The van der Waals surface area contributed by atoms with E-state index in [4.69, 9.17) is 4.74 Å². The first kappa shape index (κ1) is 17.7. The van der Waals surface area contributed by atoms with E-state index >= 15 is 0 Å². The smallest absolute Gasteiger partial charge is 0.403 e. The van der Waals surface area contributed by atoms with Gasteiger partial charge in [-0.2, -0.15) is 0 Å². The van der Waals surface area contributed by atoms with Crippen molar-refractivity contribution in [2.45, 2.75) is 13.5 Å². The third-order valence-corrected chi connectivity index (χ3v) is 4.66. The molecule has 4 rings (SSSR count). The highest BCUT2D eigenvalue weighted by molar-refractivity contribution is 6.13. The first-order chi connectivity index (χ1) is 13.6. The first-order valence-electron chi connectivity index (χ1n) is 9.08. The van der Waals surface area contributed by atoms with Crippen LogP contribution in [0.15, 0.2) is 90.7 Å². The Morgan fingerprint density at radius 1 is 0.786 bits per heavy atom. The van der Waals surface area contributed by atoms with E-state index in [-0.39, 0.29) is 12.3 Å². The summed E-state index contributed by atoms with van der Waals surface area (Å²) in [5, 5.41) is 0. The molecule has 1 fully saturated rings. The van der Waals surface area contributed by atoms with Crippen LogP contribution in [0.1, 0.15) is 22.3 Å². The minimum atomic E-state index is -0.649. The van der Waals surface area contributed by atoms with Crippen molar-refractivity contribution in [3.8, 4) is 0 Å². The molecule has 4 nitrogen and oxygen atoms in total. The number of ether oxygens (including phenoxy) is 1. The molecule has 4 heteroatoms. The predicted molar refractivity (Wildman–Crippen MR) is 107 cm³/mol. The van der Waals surface area contributed by atoms with Crippen LogP contribution in [-0.4, -0.2) is 16.9 Å². The second-order valence-electron chi connectivity index (χ2n) is 6.68. The summed E-state index contributed by atoms with van der Waals surface area (Å²) in [6.45, 7) is 2.18. The Bertz CT molecular complexity index is 1040. The Balaban J connectivity index is 1.79. The van der Waals surface area contributed by atoms with E-state index in [0.717, 1.165) is 27.2 Å². The van der Waals surface area contributed by atoms with Crippen LogP contribution in [0, 0.1) is 6.92 Å². The number of benzene rings is 3. The Kier molecular flexibility index (Phi) is 4.77. The maximum absolute atomic E-state index is 13.1. The van der Waals surface area contributed by atoms with E-state index in [1.54, 1.807) is 0 Å². The van der Waals surface area contributed by atoms with Crippen LogP contribution in [-0.2, 0) is 16.1 Å². The number of hydrogen-bond donors (Lipinski definition) is 0. The molecule has 1 heterocycles. The zero-order chi connectivity index (χ0) is 19.5. The van der Waals surface area contributed by atoms with Crippen LogP contribution >= 0.6 is 0 Å². The molecule has 0 bridgehead atoms. The largest absolute Gasteiger partial charge is 0.422 e. The minimum absolute atomic E-state index is 0.0657. The molecule has 0 unspecified atom stereocenters. The molecule has 2 amide bonds. The van der Waals surface area contributed by atoms with Gasteiger partial charge in [0, 0.05) is 5.57 Å². The number of carbonyl (C=O) groups is 2. The molecule has 1 saturated heterocycles. The fourth-order valence-electron chi connectivity index (χ4n) is 3.21. The summed E-state index contributed by atoms with van der Waals surface area (Å²) in [5.41, 5.74) is 4.25. The monoisotopic (exact) mass is 369 g/mol. The fourth-order valence-corrected chi connectivity index (χ4v) is 3.21. The van der Waals surface area contributed by atoms with Crippen LogP contribution < -0.4 is 0 Å². The van der Waals surface area contributed by atoms with Gasteiger partial charge >= 0.3 is 6.09 Å². The molecule has 3 aromatic carbocycles. The molecule has 0 N–H and O–H groups in total. The molecule has 0 aromatic heterocycles. The number of amides is 2. The summed E-state index contributed by atoms with van der Waals surface area (Å²) in [7, 11) is 0. The topological polar surface area (TPSA) is 46.6 Å². The van der Waals surface area contributed by atoms with Gasteiger partial charge in [-0.15, -0.1) is 0 Å². The Morgan fingerprint density at radius 2 is 1.36 bits per heavy atom. The maximum Gasteiger partial charge on any atom is 0.422 e. The third kappa shape index (κ3) is 3.45. The lowest BCUT2D eigenvalue weighted by molar-refractivity contribution is -0.123. The van der Waals surface area contributed by atoms with Gasteiger partial charge in [0.15, 0.2) is 0 Å². The van der Waals surface area contributed by atoms with Gasteiger partial charge in [-0.3, -0.25) is 4.79 Å². The van der Waals surface area contributed by atoms with E-state index < -0.39 is 12.0 Å². The summed E-state index contributed by atoms with van der Waals surface area (Å²) >= 11 is 0. The van der Waals surface area contributed by atoms with E-state index in [1.807, 2.05) is 91.9 Å². The second-order valence-corrected chi connectivity index (χ2v) is 6.68. The van der Waals surface area contributed by atoms with Crippen molar-refractivity contribution in [1.82, 2.24) is 4.90 Å². The van der Waals surface area contributed by atoms with Crippen molar-refractivity contribution in [2.75, 3.05) is 0 Å². The maximum atomic E-state index is 13.1. The number of cyclic esters (lactones) is 1. The molecule has 0 saturated carbocycles. The summed E-state index contributed by atoms with van der Waals surface area (Å²) in [5.74, 6) is -0.357. The molecule has 1 aliphatic rings. The zero-order valence-corrected chi connectivity index (χ0v) is 15.5. The van der Waals surface area contributed by atoms with Gasteiger partial charge in [-0.05, 0) is 23.6 Å². The first-order valence-corrected chi connectivity index (χ1v) is 9.08. The molecule has 0 radical (unpaired) electrons. The van der Waals surface area contributed by atoms with Gasteiger partial charge in [0.1, 0.15) is 0 Å². The lowest BCUT2D eigenvalue weighted by atomic mass is 9.95. The summed E-state index contributed by atoms with van der Waals surface area (Å²) in [6, 6.07) is 26.7. The van der Waals surface area contributed by atoms with Crippen molar-refractivity contribution >= 4 is 17.6 Å². The van der Waals surface area contributed by atoms with Gasteiger partial charge in [0.05, 0.1) is 6.54 Å². The quantitative estimate of drug-likeness (QED) is 0.613. The minimum Gasteiger partial charge on any atom is -0.403 e. The van der Waals surface area contributed by atoms with Crippen LogP contribution in [0.2, 0.25) is 0 Å². The van der Waals surface area contributed by atoms with Crippen molar-refractivity contribution in [3.05, 3.63) is 113 Å². The highest BCUT2D eigenvalue weighted by atomic mass is 16.6. The second kappa shape index (κ2) is 7.53. The number of imide groups is 1. The van der Waals surface area contributed by atoms with Crippen molar-refractivity contribution in [1.29, 1.82) is 0 Å². The summed E-state index contributed by atoms with van der Waals surface area (Å²) in [4.78, 5) is 26.7. The third-order valence-electron chi connectivity index (χ3n) is 4.66. The molecule has 0 atom stereocenters. The lowest BCUT2D eigenvalue weighted by Crippen LogP contribution is -2.28. The predicted octanol–water partition coefficient (Wildman–Crippen LogP) is 4.93. The average Bonchev–Trinajstić information content (AvgIpc) is 2.99. The number of nitrogens with zero attached hydrogens (tertiary/aromatic N) is 1. The van der Waals surface area contributed by atoms with Crippen molar-refractivity contribution in [2.24, 2.45) is 0 Å². The van der Waals surface area contributed by atoms with E-state index in [2.05, 4.69) is 0 Å². The van der Waals surface area contributed by atoms with E-state index in [9.17, 15) is 9.59 Å². The standard InChI is InChI=1S/C24H19NO3/c1-17-12-14-20(15-13-17)21(19-10-6-3-7-11-19)22-23(26)25(24(27)28-22)16-18-8-4-2-5-9-18/h2-15H,16H2,1H3. The number of hydrogen-bond acceptors (Lipinski definition) is 3. The van der Waals surface area contributed by atoms with Gasteiger partial charge in [0.2, 0.25) is 5.76 Å². The van der Waals surface area contributed by atoms with Crippen LogP contribution in [0.4, 0.5) is 4.79 Å². The number of rotatable bonds is 4. The van der Waals surface area contributed by atoms with Crippen LogP contribution in [0.5, 0.6) is 0 Å². The van der Waals surface area contributed by atoms with E-state index in [1.165, 1.54) is 0 Å². The SMILES string of the molecule is Cc1ccc(C(=C2OC(=O)N(Cc3ccccc3)C2=O)c2ccccc2)cc1. The number of aryl methyl sites for hydroxylation is 1. The lowest BCUT2D eigenvalue weighted by Gasteiger charge is -2.12. The Labute approximate surface area is 163 Å². The van der Waals surface area contributed by atoms with Crippen LogP contribution in [0.25, 0.3) is 5.57 Å². The molecule has 1 aliphatic heterocycles. The number of carbonyl (C=O) groups excluding carboxylic acids is 2. The van der Waals surface area contributed by atoms with Gasteiger partial charge in [-0.1, -0.05) is 90.5 Å². The summed E-state index contributed by atoms with van der Waals surface area (Å²) in [6.07, 6.45) is -0.649. The molecular weight excluding hydrogens is 350 g/mol. The molecule has 0 spiro atoms. The molecule has 0 aliphatic carbocycles.